The van der Waals surface area contributed by atoms with E-state index in [9.17, 15) is 13.2 Å². The van der Waals surface area contributed by atoms with Crippen molar-refractivity contribution in [3.63, 3.8) is 0 Å². The van der Waals surface area contributed by atoms with Gasteiger partial charge < -0.3 is 19.1 Å². The van der Waals surface area contributed by atoms with E-state index in [0.29, 0.717) is 50.1 Å². The second-order valence-corrected chi connectivity index (χ2v) is 8.45. The monoisotopic (exact) mass is 434 g/mol. The molecule has 3 rings (SSSR count). The molecule has 0 atom stereocenters. The van der Waals surface area contributed by atoms with Crippen LogP contribution >= 0.6 is 0 Å². The lowest BCUT2D eigenvalue weighted by atomic mass is 10.3. The number of para-hydroxylation sites is 2. The van der Waals surface area contributed by atoms with Gasteiger partial charge in [-0.15, -0.1) is 0 Å². The van der Waals surface area contributed by atoms with Crippen LogP contribution in [0.25, 0.3) is 0 Å². The minimum absolute atomic E-state index is 0.0305. The summed E-state index contributed by atoms with van der Waals surface area (Å²) in [5.41, 5.74) is 0.309. The molecule has 0 saturated carbocycles. The van der Waals surface area contributed by atoms with Gasteiger partial charge in [0.1, 0.15) is 18.0 Å². The van der Waals surface area contributed by atoms with Crippen molar-refractivity contribution in [1.29, 1.82) is 0 Å². The minimum Gasteiger partial charge on any atom is -0.497 e. The number of sulfonamides is 1. The molecule has 9 heteroatoms. The standard InChI is InChI=1S/C21H26N2O6S/c1-3-29-20-10-5-4-9-19(20)23(16-21(24)22-11-13-28-14-12-22)30(25,26)18-8-6-7-17(15-18)27-2/h4-10,15H,3,11-14,16H2,1-2H3. The first-order valence-electron chi connectivity index (χ1n) is 9.71. The molecule has 1 aliphatic rings. The van der Waals surface area contributed by atoms with E-state index in [2.05, 4.69) is 0 Å². The zero-order chi connectivity index (χ0) is 21.6. The molecular weight excluding hydrogens is 408 g/mol. The molecule has 8 nitrogen and oxygen atoms in total. The van der Waals surface area contributed by atoms with Gasteiger partial charge in [0.05, 0.1) is 37.5 Å². The molecule has 0 N–H and O–H groups in total. The Labute approximate surface area is 177 Å². The average molecular weight is 435 g/mol. The van der Waals surface area contributed by atoms with Crippen LogP contribution < -0.4 is 13.8 Å². The average Bonchev–Trinajstić information content (AvgIpc) is 2.78. The second kappa shape index (κ2) is 9.82. The van der Waals surface area contributed by atoms with E-state index in [4.69, 9.17) is 14.2 Å². The normalized spacial score (nSPS) is 14.3. The fourth-order valence-electron chi connectivity index (χ4n) is 3.16. The van der Waals surface area contributed by atoms with Gasteiger partial charge in [0.2, 0.25) is 5.91 Å². The van der Waals surface area contributed by atoms with Crippen LogP contribution in [-0.4, -0.2) is 65.8 Å². The maximum atomic E-state index is 13.6. The van der Waals surface area contributed by atoms with Crippen LogP contribution in [0.4, 0.5) is 5.69 Å². The van der Waals surface area contributed by atoms with Crippen molar-refractivity contribution in [3.05, 3.63) is 48.5 Å². The summed E-state index contributed by atoms with van der Waals surface area (Å²) in [5.74, 6) is 0.506. The van der Waals surface area contributed by atoms with Crippen LogP contribution in [0.2, 0.25) is 0 Å². The summed E-state index contributed by atoms with van der Waals surface area (Å²) in [6.07, 6.45) is 0. The number of hydrogen-bond donors (Lipinski definition) is 0. The zero-order valence-corrected chi connectivity index (χ0v) is 17.9. The first-order chi connectivity index (χ1) is 14.5. The van der Waals surface area contributed by atoms with Gasteiger partial charge in [-0.25, -0.2) is 8.42 Å². The lowest BCUT2D eigenvalue weighted by molar-refractivity contribution is -0.133. The topological polar surface area (TPSA) is 85.4 Å². The number of carbonyl (C=O) groups is 1. The summed E-state index contributed by atoms with van der Waals surface area (Å²) in [6.45, 7) is 3.56. The van der Waals surface area contributed by atoms with Gasteiger partial charge in [0.25, 0.3) is 10.0 Å². The molecular formula is C21H26N2O6S. The van der Waals surface area contributed by atoms with E-state index < -0.39 is 10.0 Å². The fourth-order valence-corrected chi connectivity index (χ4v) is 4.63. The van der Waals surface area contributed by atoms with Crippen LogP contribution in [0.1, 0.15) is 6.92 Å². The lowest BCUT2D eigenvalue weighted by Gasteiger charge is -2.31. The Morgan fingerprint density at radius 2 is 1.87 bits per heavy atom. The maximum absolute atomic E-state index is 13.6. The summed E-state index contributed by atoms with van der Waals surface area (Å²) in [7, 11) is -2.60. The predicted molar refractivity (Wildman–Crippen MR) is 113 cm³/mol. The molecule has 0 spiro atoms. The lowest BCUT2D eigenvalue weighted by Crippen LogP contribution is -2.47. The van der Waals surface area contributed by atoms with Crippen molar-refractivity contribution in [2.45, 2.75) is 11.8 Å². The summed E-state index contributed by atoms with van der Waals surface area (Å²) in [6, 6.07) is 13.0. The number of benzene rings is 2. The molecule has 2 aromatic rings. The first kappa shape index (κ1) is 21.9. The van der Waals surface area contributed by atoms with Gasteiger partial charge in [-0.2, -0.15) is 0 Å². The fraction of sp³-hybridized carbons (Fsp3) is 0.381. The number of rotatable bonds is 8. The molecule has 0 unspecified atom stereocenters. The molecule has 1 amide bonds. The molecule has 0 aromatic heterocycles. The first-order valence-corrected chi connectivity index (χ1v) is 11.2. The van der Waals surface area contributed by atoms with Gasteiger partial charge in [0, 0.05) is 19.2 Å². The predicted octanol–water partition coefficient (Wildman–Crippen LogP) is 2.15. The molecule has 2 aromatic carbocycles. The van der Waals surface area contributed by atoms with Crippen molar-refractivity contribution in [2.24, 2.45) is 0 Å². The number of hydrogen-bond acceptors (Lipinski definition) is 6. The number of ether oxygens (including phenoxy) is 3. The van der Waals surface area contributed by atoms with Gasteiger partial charge in [-0.05, 0) is 31.2 Å². The van der Waals surface area contributed by atoms with E-state index in [1.165, 1.54) is 19.2 Å². The molecule has 1 heterocycles. The van der Waals surface area contributed by atoms with E-state index in [0.717, 1.165) is 4.31 Å². The van der Waals surface area contributed by atoms with Crippen LogP contribution in [0.3, 0.4) is 0 Å². The highest BCUT2D eigenvalue weighted by molar-refractivity contribution is 7.92. The molecule has 0 radical (unpaired) electrons. The molecule has 162 valence electrons. The van der Waals surface area contributed by atoms with Crippen molar-refractivity contribution in [1.82, 2.24) is 4.90 Å². The quantitative estimate of drug-likeness (QED) is 0.633. The summed E-state index contributed by atoms with van der Waals surface area (Å²) >= 11 is 0. The molecule has 0 aliphatic carbocycles. The summed E-state index contributed by atoms with van der Waals surface area (Å²) < 4.78 is 44.4. The third-order valence-corrected chi connectivity index (χ3v) is 6.46. The highest BCUT2D eigenvalue weighted by atomic mass is 32.2. The zero-order valence-electron chi connectivity index (χ0n) is 17.1. The van der Waals surface area contributed by atoms with Crippen molar-refractivity contribution in [3.8, 4) is 11.5 Å². The van der Waals surface area contributed by atoms with Crippen LogP contribution in [-0.2, 0) is 19.6 Å². The van der Waals surface area contributed by atoms with E-state index in [1.807, 2.05) is 6.92 Å². The maximum Gasteiger partial charge on any atom is 0.265 e. The summed E-state index contributed by atoms with van der Waals surface area (Å²) in [4.78, 5) is 14.6. The Bertz CT molecular complexity index is 973. The van der Waals surface area contributed by atoms with Crippen LogP contribution in [0.5, 0.6) is 11.5 Å². The Hall–Kier alpha value is -2.78. The molecule has 30 heavy (non-hydrogen) atoms. The number of carbonyl (C=O) groups excluding carboxylic acids is 1. The number of anilines is 1. The molecule has 1 saturated heterocycles. The number of nitrogens with zero attached hydrogens (tertiary/aromatic N) is 2. The Balaban J connectivity index is 2.03. The van der Waals surface area contributed by atoms with Crippen LogP contribution in [0, 0.1) is 0 Å². The molecule has 1 fully saturated rings. The number of morpholine rings is 1. The van der Waals surface area contributed by atoms with Gasteiger partial charge >= 0.3 is 0 Å². The highest BCUT2D eigenvalue weighted by Gasteiger charge is 2.31. The minimum atomic E-state index is -4.07. The van der Waals surface area contributed by atoms with E-state index in [-0.39, 0.29) is 17.3 Å². The Kier molecular flexibility index (Phi) is 7.17. The molecule has 1 aliphatic heterocycles. The second-order valence-electron chi connectivity index (χ2n) is 6.58. The van der Waals surface area contributed by atoms with Crippen molar-refractivity contribution < 1.29 is 27.4 Å². The largest absolute Gasteiger partial charge is 0.497 e. The van der Waals surface area contributed by atoms with Crippen molar-refractivity contribution >= 4 is 21.6 Å². The Morgan fingerprint density at radius 1 is 1.13 bits per heavy atom. The smallest absolute Gasteiger partial charge is 0.265 e. The van der Waals surface area contributed by atoms with Crippen LogP contribution in [0.15, 0.2) is 53.4 Å². The third-order valence-electron chi connectivity index (χ3n) is 4.71. The van der Waals surface area contributed by atoms with Gasteiger partial charge in [-0.3, -0.25) is 9.10 Å². The summed E-state index contributed by atoms with van der Waals surface area (Å²) in [5, 5.41) is 0. The van der Waals surface area contributed by atoms with Gasteiger partial charge in [-0.1, -0.05) is 18.2 Å². The molecule has 0 bridgehead atoms. The Morgan fingerprint density at radius 3 is 2.57 bits per heavy atom. The van der Waals surface area contributed by atoms with Crippen molar-refractivity contribution in [2.75, 3.05) is 50.9 Å². The number of amides is 1. The SMILES string of the molecule is CCOc1ccccc1N(CC(=O)N1CCOCC1)S(=O)(=O)c1cccc(OC)c1. The van der Waals surface area contributed by atoms with Gasteiger partial charge in [0.15, 0.2) is 0 Å². The van der Waals surface area contributed by atoms with E-state index in [1.54, 1.807) is 41.3 Å². The highest BCUT2D eigenvalue weighted by Crippen LogP contribution is 2.33. The third kappa shape index (κ3) is 4.85. The number of methoxy groups -OCH3 is 1. The van der Waals surface area contributed by atoms with E-state index >= 15 is 0 Å².